The van der Waals surface area contributed by atoms with Gasteiger partial charge in [-0.15, -0.1) is 35.3 Å². The van der Waals surface area contributed by atoms with E-state index in [4.69, 9.17) is 4.99 Å². The summed E-state index contributed by atoms with van der Waals surface area (Å²) in [6.45, 7) is 16.8. The zero-order valence-corrected chi connectivity index (χ0v) is 18.8. The molecule has 0 aromatic carbocycles. The second-order valence-corrected chi connectivity index (χ2v) is 7.32. The number of halogens is 1. The van der Waals surface area contributed by atoms with Gasteiger partial charge >= 0.3 is 0 Å². The Kier molecular flexibility index (Phi) is 9.51. The molecule has 1 aliphatic rings. The zero-order valence-electron chi connectivity index (χ0n) is 15.6. The van der Waals surface area contributed by atoms with E-state index in [1.54, 1.807) is 11.3 Å². The van der Waals surface area contributed by atoms with Crippen LogP contribution in [0.2, 0.25) is 0 Å². The van der Waals surface area contributed by atoms with E-state index >= 15 is 0 Å². The van der Waals surface area contributed by atoms with Crippen molar-refractivity contribution in [2.45, 2.75) is 53.6 Å². The van der Waals surface area contributed by atoms with Crippen LogP contribution in [0.4, 0.5) is 0 Å². The van der Waals surface area contributed by atoms with Gasteiger partial charge in [0.05, 0.1) is 12.2 Å². The van der Waals surface area contributed by atoms with E-state index in [1.165, 1.54) is 11.3 Å². The van der Waals surface area contributed by atoms with Crippen LogP contribution in [-0.4, -0.2) is 59.5 Å². The normalized spacial score (nSPS) is 18.2. The third kappa shape index (κ3) is 5.56. The maximum atomic E-state index is 4.83. The Labute approximate surface area is 168 Å². The minimum Gasteiger partial charge on any atom is -0.357 e. The van der Waals surface area contributed by atoms with E-state index in [-0.39, 0.29) is 24.0 Å². The van der Waals surface area contributed by atoms with Crippen molar-refractivity contribution in [3.05, 3.63) is 15.6 Å². The molecule has 2 rings (SSSR count). The standard InChI is InChI=1S/C17H31N5S.HI/c1-6-18-17(19-11-16-20-13(4)14(5)23-16)22-10-9-15(12-22)21(7-2)8-3;/h15H,6-12H2,1-5H3,(H,18,19);1H. The van der Waals surface area contributed by atoms with Gasteiger partial charge in [-0.3, -0.25) is 4.90 Å². The number of nitrogens with zero attached hydrogens (tertiary/aromatic N) is 4. The summed E-state index contributed by atoms with van der Waals surface area (Å²) in [5, 5.41) is 4.55. The van der Waals surface area contributed by atoms with Crippen molar-refractivity contribution in [2.24, 2.45) is 4.99 Å². The third-order valence-electron chi connectivity index (χ3n) is 4.56. The molecule has 24 heavy (non-hydrogen) atoms. The molecule has 5 nitrogen and oxygen atoms in total. The molecule has 138 valence electrons. The minimum atomic E-state index is 0. The summed E-state index contributed by atoms with van der Waals surface area (Å²) in [6, 6.07) is 0.651. The van der Waals surface area contributed by atoms with Gasteiger partial charge in [0.15, 0.2) is 5.96 Å². The van der Waals surface area contributed by atoms with Crippen molar-refractivity contribution < 1.29 is 0 Å². The first-order valence-corrected chi connectivity index (χ1v) is 9.60. The van der Waals surface area contributed by atoms with Gasteiger partial charge in [-0.05, 0) is 40.3 Å². The molecular weight excluding hydrogens is 433 g/mol. The average molecular weight is 465 g/mol. The summed E-state index contributed by atoms with van der Waals surface area (Å²) < 4.78 is 0. The van der Waals surface area contributed by atoms with Gasteiger partial charge in [-0.2, -0.15) is 0 Å². The van der Waals surface area contributed by atoms with Crippen LogP contribution in [0.5, 0.6) is 0 Å². The van der Waals surface area contributed by atoms with E-state index in [0.29, 0.717) is 12.6 Å². The molecule has 0 bridgehead atoms. The highest BCUT2D eigenvalue weighted by Crippen LogP contribution is 2.18. The van der Waals surface area contributed by atoms with Gasteiger partial charge in [0.1, 0.15) is 5.01 Å². The van der Waals surface area contributed by atoms with E-state index in [2.05, 4.69) is 54.7 Å². The number of guanidine groups is 1. The molecule has 1 atom stereocenters. The topological polar surface area (TPSA) is 43.8 Å². The van der Waals surface area contributed by atoms with Gasteiger partial charge < -0.3 is 10.2 Å². The Bertz CT molecular complexity index is 508. The van der Waals surface area contributed by atoms with Crippen molar-refractivity contribution in [1.82, 2.24) is 20.1 Å². The Morgan fingerprint density at radius 3 is 2.58 bits per heavy atom. The number of aliphatic imine (C=N–C) groups is 1. The first-order chi connectivity index (χ1) is 11.1. The first-order valence-electron chi connectivity index (χ1n) is 8.79. The number of aromatic nitrogens is 1. The fraction of sp³-hybridized carbons (Fsp3) is 0.765. The summed E-state index contributed by atoms with van der Waals surface area (Å²) in [7, 11) is 0. The summed E-state index contributed by atoms with van der Waals surface area (Å²) >= 11 is 1.76. The molecule has 1 unspecified atom stereocenters. The lowest BCUT2D eigenvalue weighted by Gasteiger charge is -2.27. The SMILES string of the molecule is CCNC(=NCc1nc(C)c(C)s1)N1CCC(N(CC)CC)C1.I. The fourth-order valence-corrected chi connectivity index (χ4v) is 4.01. The lowest BCUT2D eigenvalue weighted by Crippen LogP contribution is -2.43. The predicted octanol–water partition coefficient (Wildman–Crippen LogP) is 3.26. The number of rotatable bonds is 6. The first kappa shape index (κ1) is 21.6. The molecule has 0 aliphatic carbocycles. The molecule has 0 radical (unpaired) electrons. The van der Waals surface area contributed by atoms with Crippen LogP contribution in [0, 0.1) is 13.8 Å². The minimum absolute atomic E-state index is 0. The highest BCUT2D eigenvalue weighted by Gasteiger charge is 2.27. The van der Waals surface area contributed by atoms with E-state index in [0.717, 1.165) is 49.4 Å². The van der Waals surface area contributed by atoms with Crippen LogP contribution in [-0.2, 0) is 6.54 Å². The maximum Gasteiger partial charge on any atom is 0.194 e. The number of thiazole rings is 1. The Hall–Kier alpha value is -0.410. The third-order valence-corrected chi connectivity index (χ3v) is 5.62. The van der Waals surface area contributed by atoms with Crippen LogP contribution < -0.4 is 5.32 Å². The Morgan fingerprint density at radius 1 is 1.33 bits per heavy atom. The quantitative estimate of drug-likeness (QED) is 0.398. The number of likely N-dealkylation sites (tertiary alicyclic amines) is 1. The van der Waals surface area contributed by atoms with Crippen molar-refractivity contribution in [1.29, 1.82) is 0 Å². The smallest absolute Gasteiger partial charge is 0.194 e. The highest BCUT2D eigenvalue weighted by atomic mass is 127. The molecule has 1 saturated heterocycles. The molecule has 1 N–H and O–H groups in total. The summed E-state index contributed by atoms with van der Waals surface area (Å²) in [4.78, 5) is 15.7. The lowest BCUT2D eigenvalue weighted by atomic mass is 10.2. The molecule has 0 spiro atoms. The number of likely N-dealkylation sites (N-methyl/N-ethyl adjacent to an activating group) is 1. The molecule has 1 aromatic heterocycles. The number of aryl methyl sites for hydroxylation is 2. The molecule has 0 saturated carbocycles. The molecule has 7 heteroatoms. The highest BCUT2D eigenvalue weighted by molar-refractivity contribution is 14.0. The number of nitrogens with one attached hydrogen (secondary N) is 1. The predicted molar refractivity (Wildman–Crippen MR) is 115 cm³/mol. The molecule has 1 fully saturated rings. The van der Waals surface area contributed by atoms with E-state index in [1.807, 2.05) is 0 Å². The van der Waals surface area contributed by atoms with Gasteiger partial charge in [0, 0.05) is 30.6 Å². The maximum absolute atomic E-state index is 4.83. The summed E-state index contributed by atoms with van der Waals surface area (Å²) in [6.07, 6.45) is 1.22. The summed E-state index contributed by atoms with van der Waals surface area (Å²) in [5.74, 6) is 1.03. The second kappa shape index (κ2) is 10.6. The van der Waals surface area contributed by atoms with Crippen molar-refractivity contribution in [2.75, 3.05) is 32.7 Å². The van der Waals surface area contributed by atoms with Crippen LogP contribution in [0.3, 0.4) is 0 Å². The van der Waals surface area contributed by atoms with Crippen LogP contribution in [0.1, 0.15) is 42.8 Å². The lowest BCUT2D eigenvalue weighted by molar-refractivity contribution is 0.223. The van der Waals surface area contributed by atoms with Gasteiger partial charge in [0.2, 0.25) is 0 Å². The average Bonchev–Trinajstić information content (AvgIpc) is 3.13. The molecule has 2 heterocycles. The number of hydrogen-bond acceptors (Lipinski definition) is 4. The zero-order chi connectivity index (χ0) is 16.8. The van der Waals surface area contributed by atoms with E-state index < -0.39 is 0 Å². The monoisotopic (exact) mass is 465 g/mol. The molecule has 1 aromatic rings. The number of hydrogen-bond donors (Lipinski definition) is 1. The van der Waals surface area contributed by atoms with Gasteiger partial charge in [-0.1, -0.05) is 13.8 Å². The van der Waals surface area contributed by atoms with Crippen LogP contribution in [0.25, 0.3) is 0 Å². The van der Waals surface area contributed by atoms with Gasteiger partial charge in [-0.25, -0.2) is 9.98 Å². The van der Waals surface area contributed by atoms with Crippen LogP contribution >= 0.6 is 35.3 Å². The second-order valence-electron chi connectivity index (χ2n) is 6.03. The van der Waals surface area contributed by atoms with Gasteiger partial charge in [0.25, 0.3) is 0 Å². The Balaban J connectivity index is 0.00000288. The largest absolute Gasteiger partial charge is 0.357 e. The van der Waals surface area contributed by atoms with E-state index in [9.17, 15) is 0 Å². The van der Waals surface area contributed by atoms with Crippen LogP contribution in [0.15, 0.2) is 4.99 Å². The Morgan fingerprint density at radius 2 is 2.04 bits per heavy atom. The van der Waals surface area contributed by atoms with Crippen molar-refractivity contribution >= 4 is 41.3 Å². The van der Waals surface area contributed by atoms with Crippen molar-refractivity contribution in [3.8, 4) is 0 Å². The summed E-state index contributed by atoms with van der Waals surface area (Å²) in [5.41, 5.74) is 1.13. The fourth-order valence-electron chi connectivity index (χ4n) is 3.15. The van der Waals surface area contributed by atoms with Crippen molar-refractivity contribution in [3.63, 3.8) is 0 Å². The molecule has 1 aliphatic heterocycles. The molecular formula is C17H32IN5S. The molecule has 0 amide bonds.